The van der Waals surface area contributed by atoms with Gasteiger partial charge in [0.15, 0.2) is 16.6 Å². The number of hydrogen-bond donors (Lipinski definition) is 0. The van der Waals surface area contributed by atoms with Gasteiger partial charge >= 0.3 is 0 Å². The highest BCUT2D eigenvalue weighted by molar-refractivity contribution is 7.22. The minimum atomic E-state index is -0.0371. The van der Waals surface area contributed by atoms with Gasteiger partial charge in [0, 0.05) is 19.2 Å². The molecule has 3 aromatic rings. The first-order valence-corrected chi connectivity index (χ1v) is 10.1. The van der Waals surface area contributed by atoms with Crippen LogP contribution in [0.3, 0.4) is 0 Å². The zero-order valence-electron chi connectivity index (χ0n) is 15.0. The lowest BCUT2D eigenvalue weighted by Crippen LogP contribution is -2.36. The third-order valence-electron chi connectivity index (χ3n) is 5.07. The van der Waals surface area contributed by atoms with Crippen LogP contribution in [-0.2, 0) is 17.6 Å². The maximum absolute atomic E-state index is 12.8. The molecule has 0 aliphatic carbocycles. The molecule has 1 aliphatic heterocycles. The second kappa shape index (κ2) is 7.54. The van der Waals surface area contributed by atoms with E-state index in [9.17, 15) is 4.79 Å². The van der Waals surface area contributed by atoms with Gasteiger partial charge in [-0.15, -0.1) is 0 Å². The second-order valence-corrected chi connectivity index (χ2v) is 7.83. The van der Waals surface area contributed by atoms with E-state index >= 15 is 0 Å². The predicted molar refractivity (Wildman–Crippen MR) is 107 cm³/mol. The van der Waals surface area contributed by atoms with Crippen molar-refractivity contribution in [1.29, 1.82) is 0 Å². The Balaban J connectivity index is 1.50. The summed E-state index contributed by atoms with van der Waals surface area (Å²) in [4.78, 5) is 24.2. The lowest BCUT2D eigenvalue weighted by atomic mass is 10.0. The lowest BCUT2D eigenvalue weighted by molar-refractivity contribution is -0.120. The quantitative estimate of drug-likeness (QED) is 0.648. The zero-order valence-corrected chi connectivity index (χ0v) is 15.8. The Morgan fingerprint density at radius 2 is 2.12 bits per heavy atom. The van der Waals surface area contributed by atoms with E-state index in [4.69, 9.17) is 4.98 Å². The summed E-state index contributed by atoms with van der Waals surface area (Å²) in [6.45, 7) is 3.04. The number of thiazole rings is 1. The molecule has 5 heteroatoms. The Labute approximate surface area is 157 Å². The van der Waals surface area contributed by atoms with Crippen LogP contribution in [0.4, 0.5) is 5.13 Å². The van der Waals surface area contributed by atoms with Crippen molar-refractivity contribution in [2.45, 2.75) is 45.1 Å². The average molecular weight is 366 g/mol. The van der Waals surface area contributed by atoms with E-state index in [0.29, 0.717) is 12.2 Å². The van der Waals surface area contributed by atoms with Gasteiger partial charge in [-0.2, -0.15) is 4.98 Å². The first-order chi connectivity index (χ1) is 12.7. The van der Waals surface area contributed by atoms with E-state index in [-0.39, 0.29) is 6.04 Å². The van der Waals surface area contributed by atoms with Crippen LogP contribution in [-0.4, -0.2) is 28.3 Å². The van der Waals surface area contributed by atoms with Crippen LogP contribution in [0.1, 0.15) is 37.3 Å². The van der Waals surface area contributed by atoms with Gasteiger partial charge in [-0.3, -0.25) is 4.79 Å². The average Bonchev–Trinajstić information content (AvgIpc) is 3.32. The number of hydrogen-bond acceptors (Lipinski definition) is 5. The fourth-order valence-electron chi connectivity index (χ4n) is 3.57. The summed E-state index contributed by atoms with van der Waals surface area (Å²) in [6, 6.07) is 12.4. The smallest absolute Gasteiger partial charge is 0.188 e. The van der Waals surface area contributed by atoms with Crippen molar-refractivity contribution >= 4 is 32.6 Å². The number of aromatic nitrogens is 2. The number of ketones is 1. The van der Waals surface area contributed by atoms with Crippen LogP contribution in [0.2, 0.25) is 0 Å². The summed E-state index contributed by atoms with van der Waals surface area (Å²) >= 11 is 1.66. The largest absolute Gasteiger partial charge is 0.338 e. The molecule has 0 bridgehead atoms. The van der Waals surface area contributed by atoms with Crippen molar-refractivity contribution in [2.75, 3.05) is 11.4 Å². The number of pyridine rings is 1. The minimum Gasteiger partial charge on any atom is -0.338 e. The number of benzene rings is 1. The van der Waals surface area contributed by atoms with E-state index in [0.717, 1.165) is 47.7 Å². The van der Waals surface area contributed by atoms with Gasteiger partial charge in [0.2, 0.25) is 0 Å². The topological polar surface area (TPSA) is 46.1 Å². The number of carbonyl (C=O) groups is 1. The van der Waals surface area contributed by atoms with Crippen molar-refractivity contribution in [3.8, 4) is 0 Å². The molecule has 3 heterocycles. The molecule has 0 saturated carbocycles. The van der Waals surface area contributed by atoms with Gasteiger partial charge < -0.3 is 4.90 Å². The van der Waals surface area contributed by atoms with Crippen molar-refractivity contribution in [1.82, 2.24) is 9.97 Å². The second-order valence-electron chi connectivity index (χ2n) is 6.82. The molecule has 1 aliphatic rings. The summed E-state index contributed by atoms with van der Waals surface area (Å²) in [5.41, 5.74) is 3.25. The summed E-state index contributed by atoms with van der Waals surface area (Å²) in [7, 11) is 0. The molecule has 134 valence electrons. The maximum atomic E-state index is 12.8. The molecule has 2 aromatic heterocycles. The van der Waals surface area contributed by atoms with Crippen LogP contribution in [0.5, 0.6) is 0 Å². The Bertz CT molecular complexity index is 906. The highest BCUT2D eigenvalue weighted by Gasteiger charge is 2.32. The monoisotopic (exact) mass is 365 g/mol. The van der Waals surface area contributed by atoms with E-state index < -0.39 is 0 Å². The number of nitrogens with zero attached hydrogens (tertiary/aromatic N) is 3. The molecule has 1 saturated heterocycles. The molecule has 0 unspecified atom stereocenters. The van der Waals surface area contributed by atoms with Crippen LogP contribution in [0.15, 0.2) is 42.6 Å². The number of Topliss-reactive ketones (excluding diaryl/α,β-unsaturated/α-hetero) is 1. The molecule has 1 aromatic carbocycles. The van der Waals surface area contributed by atoms with Crippen molar-refractivity contribution in [3.05, 3.63) is 53.7 Å². The van der Waals surface area contributed by atoms with E-state index in [2.05, 4.69) is 35.0 Å². The zero-order chi connectivity index (χ0) is 17.9. The molecular weight excluding hydrogens is 342 g/mol. The summed E-state index contributed by atoms with van der Waals surface area (Å²) in [6.07, 6.45) is 6.25. The molecule has 1 fully saturated rings. The van der Waals surface area contributed by atoms with Gasteiger partial charge in [-0.25, -0.2) is 4.98 Å². The van der Waals surface area contributed by atoms with E-state index in [1.807, 2.05) is 24.4 Å². The molecule has 26 heavy (non-hydrogen) atoms. The SMILES string of the molecule is CCc1cnc2nc(N3CCC[C@@H]3C(=O)CCc3ccccc3)sc2c1. The summed E-state index contributed by atoms with van der Waals surface area (Å²) in [5, 5.41) is 0.941. The summed E-state index contributed by atoms with van der Waals surface area (Å²) in [5.74, 6) is 0.327. The number of rotatable bonds is 6. The molecule has 0 amide bonds. The Morgan fingerprint density at radius 3 is 2.92 bits per heavy atom. The molecule has 1 atom stereocenters. The predicted octanol–water partition coefficient (Wildman–Crippen LogP) is 4.42. The molecule has 0 spiro atoms. The van der Waals surface area contributed by atoms with Crippen LogP contribution in [0, 0.1) is 0 Å². The van der Waals surface area contributed by atoms with Crippen molar-refractivity contribution in [3.63, 3.8) is 0 Å². The molecule has 0 N–H and O–H groups in total. The minimum absolute atomic E-state index is 0.0371. The third kappa shape index (κ3) is 3.49. The number of aryl methyl sites for hydroxylation is 2. The van der Waals surface area contributed by atoms with E-state index in [1.165, 1.54) is 11.1 Å². The highest BCUT2D eigenvalue weighted by atomic mass is 32.1. The number of carbonyl (C=O) groups excluding carboxylic acids is 1. The highest BCUT2D eigenvalue weighted by Crippen LogP contribution is 2.33. The molecule has 4 rings (SSSR count). The van der Waals surface area contributed by atoms with Gasteiger partial charge in [-0.05, 0) is 42.9 Å². The van der Waals surface area contributed by atoms with Crippen LogP contribution < -0.4 is 4.90 Å². The normalized spacial score (nSPS) is 17.1. The van der Waals surface area contributed by atoms with E-state index in [1.54, 1.807) is 11.3 Å². The molecular formula is C21H23N3OS. The Hall–Kier alpha value is -2.27. The van der Waals surface area contributed by atoms with Crippen LogP contribution >= 0.6 is 11.3 Å². The number of fused-ring (bicyclic) bond motifs is 1. The number of anilines is 1. The first kappa shape index (κ1) is 17.2. The van der Waals surface area contributed by atoms with Gasteiger partial charge in [-0.1, -0.05) is 48.6 Å². The first-order valence-electron chi connectivity index (χ1n) is 9.33. The van der Waals surface area contributed by atoms with Crippen molar-refractivity contribution in [2.24, 2.45) is 0 Å². The van der Waals surface area contributed by atoms with Crippen molar-refractivity contribution < 1.29 is 4.79 Å². The third-order valence-corrected chi connectivity index (χ3v) is 6.10. The van der Waals surface area contributed by atoms with Crippen LogP contribution in [0.25, 0.3) is 10.3 Å². The Kier molecular flexibility index (Phi) is 4.98. The fourth-order valence-corrected chi connectivity index (χ4v) is 4.64. The van der Waals surface area contributed by atoms with Gasteiger partial charge in [0.25, 0.3) is 0 Å². The van der Waals surface area contributed by atoms with Gasteiger partial charge in [0.1, 0.15) is 0 Å². The molecule has 0 radical (unpaired) electrons. The Morgan fingerprint density at radius 1 is 1.27 bits per heavy atom. The van der Waals surface area contributed by atoms with Gasteiger partial charge in [0.05, 0.1) is 10.7 Å². The molecule has 4 nitrogen and oxygen atoms in total. The maximum Gasteiger partial charge on any atom is 0.188 e. The fraction of sp³-hybridized carbons (Fsp3) is 0.381. The lowest BCUT2D eigenvalue weighted by Gasteiger charge is -2.22. The summed E-state index contributed by atoms with van der Waals surface area (Å²) < 4.78 is 1.11. The standard InChI is InChI=1S/C21H23N3OS/c1-2-15-13-19-20(22-14-15)23-21(26-19)24-12-6-9-17(24)18(25)11-10-16-7-4-3-5-8-16/h3-5,7-8,13-14,17H,2,6,9-12H2,1H3/t17-/m1/s1.